The van der Waals surface area contributed by atoms with Crippen molar-refractivity contribution in [3.63, 3.8) is 0 Å². The number of carbonyl (C=O) groups is 2. The molecule has 0 saturated carbocycles. The largest absolute Gasteiger partial charge is 0.484 e. The zero-order valence-corrected chi connectivity index (χ0v) is 19.9. The Morgan fingerprint density at radius 1 is 0.909 bits per heavy atom. The van der Waals surface area contributed by atoms with Gasteiger partial charge in [-0.2, -0.15) is 0 Å². The number of carbonyl (C=O) groups excluding carboxylic acids is 1. The molecule has 0 unspecified atom stereocenters. The molecule has 0 aliphatic carbocycles. The topological polar surface area (TPSA) is 76.1 Å². The Balaban J connectivity index is 1.91. The molecule has 0 heterocycles. The minimum atomic E-state index is -0.976. The molecule has 0 radical (unpaired) electrons. The van der Waals surface area contributed by atoms with Crippen molar-refractivity contribution in [1.82, 2.24) is 4.90 Å². The van der Waals surface area contributed by atoms with Crippen LogP contribution in [0, 0.1) is 0 Å². The standard InChI is InChI=1S/C27H37NO5/c1-3-5-6-7-11-18-28(20-23-12-9-8-10-13-23)26(29)21-33-24-16-14-22(15-17-24)19-25(27(30)31)32-4-2/h8-10,12-17,25H,3-7,11,18-21H2,1-2H3,(H,30,31)/t25-/m0/s1. The van der Waals surface area contributed by atoms with Gasteiger partial charge in [0.05, 0.1) is 0 Å². The summed E-state index contributed by atoms with van der Waals surface area (Å²) in [6, 6.07) is 17.1. The fraction of sp³-hybridized carbons (Fsp3) is 0.481. The number of carboxylic acids is 1. The maximum Gasteiger partial charge on any atom is 0.333 e. The summed E-state index contributed by atoms with van der Waals surface area (Å²) in [5, 5.41) is 9.24. The zero-order valence-electron chi connectivity index (χ0n) is 19.9. The molecule has 1 atom stereocenters. The van der Waals surface area contributed by atoms with Crippen LogP contribution in [0.5, 0.6) is 5.75 Å². The van der Waals surface area contributed by atoms with Crippen molar-refractivity contribution in [2.75, 3.05) is 19.8 Å². The Kier molecular flexibility index (Phi) is 12.0. The van der Waals surface area contributed by atoms with Gasteiger partial charge in [-0.05, 0) is 36.6 Å². The van der Waals surface area contributed by atoms with Gasteiger partial charge >= 0.3 is 5.97 Å². The third kappa shape index (κ3) is 10.1. The van der Waals surface area contributed by atoms with E-state index in [1.807, 2.05) is 47.4 Å². The second kappa shape index (κ2) is 15.1. The van der Waals surface area contributed by atoms with E-state index in [0.717, 1.165) is 24.0 Å². The van der Waals surface area contributed by atoms with Crippen molar-refractivity contribution in [1.29, 1.82) is 0 Å². The number of hydrogen-bond donors (Lipinski definition) is 1. The first-order valence-corrected chi connectivity index (χ1v) is 11.9. The number of unbranched alkanes of at least 4 members (excludes halogenated alkanes) is 4. The van der Waals surface area contributed by atoms with Gasteiger partial charge in [-0.25, -0.2) is 4.79 Å². The van der Waals surface area contributed by atoms with Crippen LogP contribution >= 0.6 is 0 Å². The molecular formula is C27H37NO5. The van der Waals surface area contributed by atoms with Crippen LogP contribution in [-0.2, 0) is 27.3 Å². The van der Waals surface area contributed by atoms with Gasteiger partial charge in [-0.15, -0.1) is 0 Å². The van der Waals surface area contributed by atoms with Crippen LogP contribution in [0.2, 0.25) is 0 Å². The highest BCUT2D eigenvalue weighted by Crippen LogP contribution is 2.16. The first kappa shape index (κ1) is 26.4. The predicted octanol–water partition coefficient (Wildman–Crippen LogP) is 5.10. The summed E-state index contributed by atoms with van der Waals surface area (Å²) in [6.07, 6.45) is 5.13. The van der Waals surface area contributed by atoms with E-state index in [4.69, 9.17) is 9.47 Å². The monoisotopic (exact) mass is 455 g/mol. The molecule has 0 saturated heterocycles. The van der Waals surface area contributed by atoms with Gasteiger partial charge < -0.3 is 19.5 Å². The van der Waals surface area contributed by atoms with Crippen LogP contribution in [0.1, 0.15) is 57.1 Å². The Morgan fingerprint density at radius 3 is 2.24 bits per heavy atom. The molecule has 6 nitrogen and oxygen atoms in total. The van der Waals surface area contributed by atoms with Gasteiger partial charge in [0.25, 0.3) is 5.91 Å². The molecule has 0 aromatic heterocycles. The van der Waals surface area contributed by atoms with Crippen LogP contribution in [0.3, 0.4) is 0 Å². The van der Waals surface area contributed by atoms with Crippen molar-refractivity contribution in [3.05, 3.63) is 65.7 Å². The van der Waals surface area contributed by atoms with Crippen molar-refractivity contribution < 1.29 is 24.2 Å². The number of hydrogen-bond acceptors (Lipinski definition) is 4. The number of nitrogens with zero attached hydrogens (tertiary/aromatic N) is 1. The lowest BCUT2D eigenvalue weighted by molar-refractivity contribution is -0.150. The molecule has 0 spiro atoms. The summed E-state index contributed by atoms with van der Waals surface area (Å²) < 4.78 is 11.0. The van der Waals surface area contributed by atoms with Gasteiger partial charge in [-0.1, -0.05) is 75.1 Å². The summed E-state index contributed by atoms with van der Waals surface area (Å²) in [5.74, 6) is -0.435. The quantitative estimate of drug-likeness (QED) is 0.357. The second-order valence-electron chi connectivity index (χ2n) is 8.13. The summed E-state index contributed by atoms with van der Waals surface area (Å²) >= 11 is 0. The highest BCUT2D eigenvalue weighted by Gasteiger charge is 2.18. The van der Waals surface area contributed by atoms with E-state index in [1.165, 1.54) is 19.3 Å². The maximum atomic E-state index is 12.9. The first-order chi connectivity index (χ1) is 16.0. The molecule has 6 heteroatoms. The van der Waals surface area contributed by atoms with Crippen LogP contribution in [0.4, 0.5) is 0 Å². The van der Waals surface area contributed by atoms with E-state index in [-0.39, 0.29) is 18.9 Å². The lowest BCUT2D eigenvalue weighted by atomic mass is 10.1. The molecule has 180 valence electrons. The molecule has 0 aliphatic heterocycles. The third-order valence-corrected chi connectivity index (χ3v) is 5.45. The van der Waals surface area contributed by atoms with Crippen molar-refractivity contribution in [3.8, 4) is 5.75 Å². The minimum Gasteiger partial charge on any atom is -0.484 e. The highest BCUT2D eigenvalue weighted by molar-refractivity contribution is 5.77. The van der Waals surface area contributed by atoms with E-state index < -0.39 is 12.1 Å². The number of carboxylic acid groups (broad SMARTS) is 1. The van der Waals surface area contributed by atoms with Gasteiger partial charge in [0.2, 0.25) is 0 Å². The summed E-state index contributed by atoms with van der Waals surface area (Å²) in [7, 11) is 0. The van der Waals surface area contributed by atoms with E-state index >= 15 is 0 Å². The number of rotatable bonds is 16. The van der Waals surface area contributed by atoms with Crippen molar-refractivity contribution in [2.45, 2.75) is 65.0 Å². The fourth-order valence-corrected chi connectivity index (χ4v) is 3.59. The predicted molar refractivity (Wildman–Crippen MR) is 129 cm³/mol. The van der Waals surface area contributed by atoms with Gasteiger partial charge in [0.1, 0.15) is 5.75 Å². The van der Waals surface area contributed by atoms with Crippen molar-refractivity contribution >= 4 is 11.9 Å². The Bertz CT molecular complexity index is 822. The average Bonchev–Trinajstić information content (AvgIpc) is 2.82. The average molecular weight is 456 g/mol. The number of benzene rings is 2. The zero-order chi connectivity index (χ0) is 23.9. The Hall–Kier alpha value is -2.86. The first-order valence-electron chi connectivity index (χ1n) is 11.9. The summed E-state index contributed by atoms with van der Waals surface area (Å²) in [5.41, 5.74) is 1.94. The van der Waals surface area contributed by atoms with Crippen molar-refractivity contribution in [2.24, 2.45) is 0 Å². The Labute approximate surface area is 197 Å². The number of aliphatic carboxylic acids is 1. The summed E-state index contributed by atoms with van der Waals surface area (Å²) in [6.45, 7) is 5.57. The number of amides is 1. The van der Waals surface area contributed by atoms with Crippen LogP contribution in [0.25, 0.3) is 0 Å². The summed E-state index contributed by atoms with van der Waals surface area (Å²) in [4.78, 5) is 26.1. The molecule has 1 amide bonds. The molecular weight excluding hydrogens is 418 g/mol. The smallest absolute Gasteiger partial charge is 0.333 e. The molecule has 0 bridgehead atoms. The molecule has 0 fully saturated rings. The lowest BCUT2D eigenvalue weighted by Crippen LogP contribution is -2.35. The molecule has 2 rings (SSSR count). The minimum absolute atomic E-state index is 0.0299. The lowest BCUT2D eigenvalue weighted by Gasteiger charge is -2.23. The molecule has 0 aliphatic rings. The van der Waals surface area contributed by atoms with Gasteiger partial charge in [0.15, 0.2) is 12.7 Å². The Morgan fingerprint density at radius 2 is 1.61 bits per heavy atom. The van der Waals surface area contributed by atoms with E-state index in [9.17, 15) is 14.7 Å². The molecule has 2 aromatic rings. The van der Waals surface area contributed by atoms with Crippen LogP contribution in [-0.4, -0.2) is 47.7 Å². The fourth-order valence-electron chi connectivity index (χ4n) is 3.59. The highest BCUT2D eigenvalue weighted by atomic mass is 16.5. The molecule has 33 heavy (non-hydrogen) atoms. The van der Waals surface area contributed by atoms with E-state index in [2.05, 4.69) is 6.92 Å². The second-order valence-corrected chi connectivity index (χ2v) is 8.13. The van der Waals surface area contributed by atoms with Gasteiger partial charge in [0, 0.05) is 26.1 Å². The SMILES string of the molecule is CCCCCCCN(Cc1ccccc1)C(=O)COc1ccc(C[C@H](OCC)C(=O)O)cc1. The van der Waals surface area contributed by atoms with Gasteiger partial charge in [-0.3, -0.25) is 4.79 Å². The maximum absolute atomic E-state index is 12.9. The number of ether oxygens (including phenoxy) is 2. The third-order valence-electron chi connectivity index (χ3n) is 5.45. The molecule has 1 N–H and O–H groups in total. The van der Waals surface area contributed by atoms with Crippen LogP contribution < -0.4 is 4.74 Å². The van der Waals surface area contributed by atoms with E-state index in [0.29, 0.717) is 25.4 Å². The molecule has 2 aromatic carbocycles. The van der Waals surface area contributed by atoms with Crippen LogP contribution in [0.15, 0.2) is 54.6 Å². The van der Waals surface area contributed by atoms with E-state index in [1.54, 1.807) is 19.1 Å². The normalized spacial score (nSPS) is 11.7.